The zero-order chi connectivity index (χ0) is 14.8. The molecule has 0 spiro atoms. The van der Waals surface area contributed by atoms with Crippen LogP contribution in [0, 0.1) is 0 Å². The van der Waals surface area contributed by atoms with E-state index in [1.807, 2.05) is 0 Å². The first-order valence-electron chi connectivity index (χ1n) is 5.88. The van der Waals surface area contributed by atoms with Crippen molar-refractivity contribution in [1.82, 2.24) is 20.2 Å². The molecule has 5 nitrogen and oxygen atoms in total. The highest BCUT2D eigenvalue weighted by atomic mass is 19.4. The van der Waals surface area contributed by atoms with Gasteiger partial charge >= 0.3 is 6.18 Å². The summed E-state index contributed by atoms with van der Waals surface area (Å²) in [6, 6.07) is 4.67. The summed E-state index contributed by atoms with van der Waals surface area (Å²) in [5.74, 6) is 0.0357. The first kappa shape index (κ1) is 14.2. The molecule has 1 heterocycles. The molecule has 1 aromatic heterocycles. The van der Waals surface area contributed by atoms with Gasteiger partial charge in [0.15, 0.2) is 5.82 Å². The van der Waals surface area contributed by atoms with Crippen LogP contribution in [0.15, 0.2) is 24.3 Å². The topological polar surface area (TPSA) is 60.7 Å². The van der Waals surface area contributed by atoms with Crippen molar-refractivity contribution in [2.75, 3.05) is 0 Å². The Morgan fingerprint density at radius 1 is 1.25 bits per heavy atom. The minimum atomic E-state index is -4.36. The lowest BCUT2D eigenvalue weighted by Crippen LogP contribution is -2.15. The summed E-state index contributed by atoms with van der Waals surface area (Å²) in [4.78, 5) is 11.5. The summed E-state index contributed by atoms with van der Waals surface area (Å²) in [7, 11) is 0. The van der Waals surface area contributed by atoms with Gasteiger partial charge in [-0.3, -0.25) is 4.79 Å². The molecule has 0 amide bonds. The predicted molar refractivity (Wildman–Crippen MR) is 63.0 cm³/mol. The minimum Gasteiger partial charge on any atom is -0.272 e. The number of hydrogen-bond acceptors (Lipinski definition) is 4. The van der Waals surface area contributed by atoms with Crippen LogP contribution in [0.1, 0.15) is 35.1 Å². The molecule has 0 saturated heterocycles. The average Bonchev–Trinajstić information content (AvgIpc) is 2.85. The Labute approximate surface area is 112 Å². The van der Waals surface area contributed by atoms with E-state index in [0.29, 0.717) is 11.4 Å². The first-order valence-corrected chi connectivity index (χ1v) is 5.88. The molecular formula is C12H11F3N4O. The van der Waals surface area contributed by atoms with E-state index in [2.05, 4.69) is 15.5 Å². The Hall–Kier alpha value is -2.25. The maximum Gasteiger partial charge on any atom is 0.416 e. The molecule has 0 aliphatic heterocycles. The van der Waals surface area contributed by atoms with Gasteiger partial charge in [0.1, 0.15) is 0 Å². The summed E-state index contributed by atoms with van der Waals surface area (Å²) in [6.07, 6.45) is -3.93. The summed E-state index contributed by atoms with van der Waals surface area (Å²) >= 11 is 0. The molecule has 0 aliphatic rings. The molecule has 0 N–H and O–H groups in total. The zero-order valence-corrected chi connectivity index (χ0v) is 10.6. The molecule has 20 heavy (non-hydrogen) atoms. The number of rotatable bonds is 3. The lowest BCUT2D eigenvalue weighted by atomic mass is 10.1. The van der Waals surface area contributed by atoms with Gasteiger partial charge < -0.3 is 0 Å². The Kier molecular flexibility index (Phi) is 3.82. The van der Waals surface area contributed by atoms with Crippen LogP contribution in [0.5, 0.6) is 0 Å². The van der Waals surface area contributed by atoms with E-state index in [9.17, 15) is 18.0 Å². The summed E-state index contributed by atoms with van der Waals surface area (Å²) < 4.78 is 38.4. The number of hydrogen-bond donors (Lipinski definition) is 0. The monoisotopic (exact) mass is 284 g/mol. The van der Waals surface area contributed by atoms with Crippen molar-refractivity contribution >= 4 is 5.91 Å². The van der Waals surface area contributed by atoms with Crippen LogP contribution in [0.3, 0.4) is 0 Å². The number of alkyl halides is 3. The van der Waals surface area contributed by atoms with Crippen LogP contribution in [-0.2, 0) is 12.6 Å². The molecule has 0 fully saturated rings. The molecular weight excluding hydrogens is 273 g/mol. The van der Waals surface area contributed by atoms with Crippen LogP contribution in [0.25, 0.3) is 0 Å². The van der Waals surface area contributed by atoms with Crippen molar-refractivity contribution in [3.63, 3.8) is 0 Å². The fourth-order valence-electron chi connectivity index (χ4n) is 1.65. The number of nitrogens with zero attached hydrogens (tertiary/aromatic N) is 4. The van der Waals surface area contributed by atoms with Gasteiger partial charge in [-0.25, -0.2) is 0 Å². The van der Waals surface area contributed by atoms with Crippen molar-refractivity contribution in [2.45, 2.75) is 25.9 Å². The Balaban J connectivity index is 2.19. The SMILES string of the molecule is CCC(=O)n1nnnc1Cc1ccc(C(F)(F)F)cc1. The number of aromatic nitrogens is 4. The molecule has 0 bridgehead atoms. The van der Waals surface area contributed by atoms with E-state index in [4.69, 9.17) is 0 Å². The van der Waals surface area contributed by atoms with Crippen molar-refractivity contribution in [2.24, 2.45) is 0 Å². The van der Waals surface area contributed by atoms with E-state index >= 15 is 0 Å². The number of carbonyl (C=O) groups is 1. The highest BCUT2D eigenvalue weighted by molar-refractivity contribution is 5.77. The molecule has 0 unspecified atom stereocenters. The second kappa shape index (κ2) is 5.40. The highest BCUT2D eigenvalue weighted by Crippen LogP contribution is 2.29. The lowest BCUT2D eigenvalue weighted by molar-refractivity contribution is -0.137. The highest BCUT2D eigenvalue weighted by Gasteiger charge is 2.30. The zero-order valence-electron chi connectivity index (χ0n) is 10.6. The smallest absolute Gasteiger partial charge is 0.272 e. The third-order valence-electron chi connectivity index (χ3n) is 2.72. The Morgan fingerprint density at radius 3 is 2.45 bits per heavy atom. The second-order valence-corrected chi connectivity index (χ2v) is 4.13. The lowest BCUT2D eigenvalue weighted by Gasteiger charge is -2.07. The van der Waals surface area contributed by atoms with Crippen molar-refractivity contribution < 1.29 is 18.0 Å². The Morgan fingerprint density at radius 2 is 1.90 bits per heavy atom. The number of halogens is 3. The second-order valence-electron chi connectivity index (χ2n) is 4.13. The van der Waals surface area contributed by atoms with Gasteiger partial charge in [0, 0.05) is 12.8 Å². The van der Waals surface area contributed by atoms with Gasteiger partial charge in [-0.1, -0.05) is 19.1 Å². The van der Waals surface area contributed by atoms with Gasteiger partial charge in [-0.2, -0.15) is 17.9 Å². The van der Waals surface area contributed by atoms with Crippen LogP contribution in [0.4, 0.5) is 13.2 Å². The third-order valence-corrected chi connectivity index (χ3v) is 2.72. The fraction of sp³-hybridized carbons (Fsp3) is 0.333. The molecule has 0 saturated carbocycles. The van der Waals surface area contributed by atoms with Crippen molar-refractivity contribution in [3.8, 4) is 0 Å². The minimum absolute atomic E-state index is 0.191. The predicted octanol–water partition coefficient (Wildman–Crippen LogP) is 2.33. The largest absolute Gasteiger partial charge is 0.416 e. The summed E-state index contributed by atoms with van der Waals surface area (Å²) in [5, 5.41) is 10.7. The quantitative estimate of drug-likeness (QED) is 0.812. The maximum atomic E-state index is 12.4. The first-order chi connectivity index (χ1) is 9.41. The van der Waals surface area contributed by atoms with Crippen LogP contribution >= 0.6 is 0 Å². The summed E-state index contributed by atoms with van der Waals surface area (Å²) in [5.41, 5.74) is -0.122. The average molecular weight is 284 g/mol. The van der Waals surface area contributed by atoms with Crippen LogP contribution < -0.4 is 0 Å². The molecule has 0 radical (unpaired) electrons. The maximum absolute atomic E-state index is 12.4. The molecule has 2 aromatic rings. The van der Waals surface area contributed by atoms with Crippen molar-refractivity contribution in [3.05, 3.63) is 41.2 Å². The molecule has 106 valence electrons. The van der Waals surface area contributed by atoms with Gasteiger partial charge in [0.25, 0.3) is 0 Å². The van der Waals surface area contributed by atoms with Crippen LogP contribution in [-0.4, -0.2) is 26.1 Å². The fourth-order valence-corrected chi connectivity index (χ4v) is 1.65. The summed E-state index contributed by atoms with van der Waals surface area (Å²) in [6.45, 7) is 1.67. The number of carbonyl (C=O) groups excluding carboxylic acids is 1. The standard InChI is InChI=1S/C12H11F3N4O/c1-2-11(20)19-10(16-17-18-19)7-8-3-5-9(6-4-8)12(13,14)15/h3-6H,2,7H2,1H3. The molecule has 0 aliphatic carbocycles. The molecule has 8 heteroatoms. The van der Waals surface area contributed by atoms with Crippen LogP contribution in [0.2, 0.25) is 0 Å². The van der Waals surface area contributed by atoms with E-state index in [-0.39, 0.29) is 18.7 Å². The van der Waals surface area contributed by atoms with Crippen molar-refractivity contribution in [1.29, 1.82) is 0 Å². The number of tetrazole rings is 1. The third kappa shape index (κ3) is 3.01. The molecule has 0 atom stereocenters. The van der Waals surface area contributed by atoms with E-state index < -0.39 is 11.7 Å². The number of benzene rings is 1. The molecule has 2 rings (SSSR count). The molecule has 1 aromatic carbocycles. The van der Waals surface area contributed by atoms with E-state index in [1.165, 1.54) is 12.1 Å². The van der Waals surface area contributed by atoms with E-state index in [1.54, 1.807) is 6.92 Å². The van der Waals surface area contributed by atoms with Gasteiger partial charge in [-0.05, 0) is 28.1 Å². The van der Waals surface area contributed by atoms with Gasteiger partial charge in [-0.15, -0.1) is 5.10 Å². The Bertz CT molecular complexity index is 604. The van der Waals surface area contributed by atoms with Gasteiger partial charge in [0.2, 0.25) is 5.91 Å². The normalized spacial score (nSPS) is 11.6. The van der Waals surface area contributed by atoms with E-state index in [0.717, 1.165) is 16.8 Å². The van der Waals surface area contributed by atoms with Gasteiger partial charge in [0.05, 0.1) is 5.56 Å².